The largest absolute Gasteiger partial charge is 0.463 e. The van der Waals surface area contributed by atoms with Gasteiger partial charge in [-0.15, -0.1) is 0 Å². The summed E-state index contributed by atoms with van der Waals surface area (Å²) in [5.41, 5.74) is -0.787. The molecule has 2 rings (SSSR count). The zero-order chi connectivity index (χ0) is 40.9. The fourth-order valence-electron chi connectivity index (χ4n) is 5.25. The average molecular weight is 780 g/mol. The van der Waals surface area contributed by atoms with E-state index in [2.05, 4.69) is 5.32 Å². The molecule has 2 fully saturated rings. The minimum Gasteiger partial charge on any atom is -0.463 e. The van der Waals surface area contributed by atoms with Crippen molar-refractivity contribution in [2.45, 2.75) is 136 Å². The van der Waals surface area contributed by atoms with E-state index in [1.807, 2.05) is 0 Å². The molecule has 21 nitrogen and oxygen atoms in total. The second kappa shape index (κ2) is 20.7. The van der Waals surface area contributed by atoms with Crippen molar-refractivity contribution < 1.29 is 95.2 Å². The molecule has 0 radical (unpaired) electrons. The maximum absolute atomic E-state index is 12.5. The lowest BCUT2D eigenvalue weighted by atomic mass is 9.96. The molecule has 1 amide bonds. The van der Waals surface area contributed by atoms with Crippen molar-refractivity contribution in [1.29, 1.82) is 0 Å². The van der Waals surface area contributed by atoms with E-state index in [0.717, 1.165) is 48.5 Å². The summed E-state index contributed by atoms with van der Waals surface area (Å²) < 4.78 is 67.1. The van der Waals surface area contributed by atoms with Crippen molar-refractivity contribution in [3.8, 4) is 0 Å². The van der Waals surface area contributed by atoms with Crippen LogP contribution in [0.1, 0.15) is 69.2 Å². The number of ether oxygens (including phenoxy) is 12. The molecule has 306 valence electrons. The fraction of sp³-hybridized carbons (Fsp3) is 0.758. The van der Waals surface area contributed by atoms with E-state index in [1.54, 1.807) is 20.8 Å². The van der Waals surface area contributed by atoms with Gasteiger partial charge >= 0.3 is 47.9 Å². The number of carbonyl (C=O) groups excluding carboxylic acids is 8. The number of nitrogens with one attached hydrogen (secondary N) is 1. The first-order chi connectivity index (χ1) is 25.1. The van der Waals surface area contributed by atoms with E-state index in [0.29, 0.717) is 0 Å². The maximum Gasteiger partial charge on any atom is 0.407 e. The first kappa shape index (κ1) is 45.6. The summed E-state index contributed by atoms with van der Waals surface area (Å²) in [5.74, 6) is -6.05. The Morgan fingerprint density at radius 3 is 1.35 bits per heavy atom. The second-order valence-corrected chi connectivity index (χ2v) is 13.0. The Hall–Kier alpha value is -4.60. The number of amides is 1. The zero-order valence-corrected chi connectivity index (χ0v) is 31.8. The molecule has 2 aliphatic rings. The van der Waals surface area contributed by atoms with Crippen LogP contribution >= 0.6 is 0 Å². The van der Waals surface area contributed by atoms with Crippen LogP contribution in [0.4, 0.5) is 4.79 Å². The number of hydrogen-bond donors (Lipinski definition) is 1. The molecular weight excluding hydrogens is 730 g/mol. The molecule has 2 saturated heterocycles. The Kier molecular flexibility index (Phi) is 17.5. The summed E-state index contributed by atoms with van der Waals surface area (Å²) in [6, 6.07) is 0. The fourth-order valence-corrected chi connectivity index (χ4v) is 5.25. The van der Waals surface area contributed by atoms with Gasteiger partial charge in [0.15, 0.2) is 43.1 Å². The van der Waals surface area contributed by atoms with Gasteiger partial charge in [0.2, 0.25) is 0 Å². The molecule has 10 atom stereocenters. The van der Waals surface area contributed by atoms with E-state index in [-0.39, 0.29) is 13.2 Å². The molecule has 0 aliphatic carbocycles. The van der Waals surface area contributed by atoms with Crippen LogP contribution in [0, 0.1) is 0 Å². The molecule has 0 spiro atoms. The van der Waals surface area contributed by atoms with Gasteiger partial charge in [-0.05, 0) is 20.8 Å². The van der Waals surface area contributed by atoms with Crippen LogP contribution in [0.2, 0.25) is 0 Å². The summed E-state index contributed by atoms with van der Waals surface area (Å²) in [7, 11) is 0. The highest BCUT2D eigenvalue weighted by molar-refractivity contribution is 5.69. The van der Waals surface area contributed by atoms with Gasteiger partial charge in [0.1, 0.15) is 37.1 Å². The van der Waals surface area contributed by atoms with Crippen molar-refractivity contribution in [2.75, 3.05) is 26.4 Å². The molecule has 0 unspecified atom stereocenters. The van der Waals surface area contributed by atoms with Crippen LogP contribution in [0.5, 0.6) is 0 Å². The normalized spacial score (nSPS) is 28.0. The van der Waals surface area contributed by atoms with Crippen LogP contribution < -0.4 is 5.32 Å². The van der Waals surface area contributed by atoms with Gasteiger partial charge in [0, 0.05) is 55.0 Å². The third kappa shape index (κ3) is 15.4. The predicted octanol–water partition coefficient (Wildman–Crippen LogP) is 0.147. The van der Waals surface area contributed by atoms with Crippen LogP contribution in [-0.4, -0.2) is 141 Å². The molecule has 54 heavy (non-hydrogen) atoms. The topological polar surface area (TPSA) is 259 Å². The summed E-state index contributed by atoms with van der Waals surface area (Å²) in [6.45, 7) is 10.8. The second-order valence-electron chi connectivity index (χ2n) is 13.0. The number of esters is 7. The summed E-state index contributed by atoms with van der Waals surface area (Å²) in [5, 5.41) is 2.48. The van der Waals surface area contributed by atoms with E-state index in [1.165, 1.54) is 0 Å². The first-order valence-corrected chi connectivity index (χ1v) is 16.8. The number of alkyl carbamates (subject to hydrolysis) is 1. The van der Waals surface area contributed by atoms with Gasteiger partial charge in [0.05, 0.1) is 6.61 Å². The van der Waals surface area contributed by atoms with Gasteiger partial charge in [-0.3, -0.25) is 33.6 Å². The highest BCUT2D eigenvalue weighted by Gasteiger charge is 2.57. The minimum absolute atomic E-state index is 0.126. The Bertz CT molecular complexity index is 1360. The highest BCUT2D eigenvalue weighted by Crippen LogP contribution is 2.35. The monoisotopic (exact) mass is 779 g/mol. The molecule has 2 aliphatic heterocycles. The zero-order valence-electron chi connectivity index (χ0n) is 31.8. The third-order valence-corrected chi connectivity index (χ3v) is 6.94. The Morgan fingerprint density at radius 2 is 0.907 bits per heavy atom. The summed E-state index contributed by atoms with van der Waals surface area (Å²) in [4.78, 5) is 97.7. The summed E-state index contributed by atoms with van der Waals surface area (Å²) >= 11 is 0. The molecule has 0 aromatic heterocycles. The van der Waals surface area contributed by atoms with Crippen molar-refractivity contribution in [1.82, 2.24) is 5.32 Å². The van der Waals surface area contributed by atoms with Gasteiger partial charge in [0.25, 0.3) is 0 Å². The molecule has 21 heteroatoms. The molecule has 2 heterocycles. The van der Waals surface area contributed by atoms with Crippen LogP contribution in [-0.2, 0) is 90.4 Å². The molecule has 0 saturated carbocycles. The molecule has 0 aromatic carbocycles. The van der Waals surface area contributed by atoms with Gasteiger partial charge in [-0.1, -0.05) is 0 Å². The minimum atomic E-state index is -1.83. The SMILES string of the molecule is CC(=O)OC[C@H]1O[C@@H](O[C@H]2[C@H](OC(C)=O)[C@@H](OC(C)=O)[C@H](OCCNC(=O)OC(C)(C)C)O[C@@H]2COC(C)=O)[C@H](OC(C)=O)[C@@H](OC(C)=O)[C@@H]1OC(C)=O. The van der Waals surface area contributed by atoms with Gasteiger partial charge in [-0.2, -0.15) is 0 Å². The van der Waals surface area contributed by atoms with Crippen LogP contribution in [0.25, 0.3) is 0 Å². The Balaban J connectivity index is 2.63. The van der Waals surface area contributed by atoms with Crippen molar-refractivity contribution in [2.24, 2.45) is 0 Å². The Morgan fingerprint density at radius 1 is 0.519 bits per heavy atom. The number of carbonyl (C=O) groups is 8. The highest BCUT2D eigenvalue weighted by atomic mass is 16.8. The lowest BCUT2D eigenvalue weighted by Gasteiger charge is -2.48. The standard InChI is InChI=1S/C33H49NO20/c1-15(35)44-13-22-24(46-17(3)37)26(47-18(4)38)29(50-21(7)41)31(52-22)53-25-23(14-45-16(2)36)51-30(28(49-20(6)40)27(25)48-19(5)39)43-12-11-34-32(42)54-33(8,9)10/h22-31H,11-14H2,1-10H3,(H,34,42)/t22-,23-,24-,25-,26+,27+,28-,29-,30-,31+/m1/s1. The molecule has 0 aromatic rings. The van der Waals surface area contributed by atoms with E-state index >= 15 is 0 Å². The quantitative estimate of drug-likeness (QED) is 0.132. The average Bonchev–Trinajstić information content (AvgIpc) is 3.00. The predicted molar refractivity (Wildman–Crippen MR) is 173 cm³/mol. The van der Waals surface area contributed by atoms with Gasteiger partial charge in [-0.25, -0.2) is 4.79 Å². The third-order valence-electron chi connectivity index (χ3n) is 6.94. The lowest BCUT2D eigenvalue weighted by Crippen LogP contribution is -2.67. The smallest absolute Gasteiger partial charge is 0.407 e. The van der Waals surface area contributed by atoms with E-state index in [9.17, 15) is 38.4 Å². The van der Waals surface area contributed by atoms with Crippen LogP contribution in [0.15, 0.2) is 0 Å². The molecule has 0 bridgehead atoms. The first-order valence-electron chi connectivity index (χ1n) is 16.8. The Labute approximate surface area is 311 Å². The summed E-state index contributed by atoms with van der Waals surface area (Å²) in [6.07, 6.45) is -16.8. The van der Waals surface area contributed by atoms with E-state index in [4.69, 9.17) is 56.8 Å². The molecular formula is C33H49NO20. The van der Waals surface area contributed by atoms with Crippen molar-refractivity contribution in [3.05, 3.63) is 0 Å². The van der Waals surface area contributed by atoms with Gasteiger partial charge < -0.3 is 62.2 Å². The van der Waals surface area contributed by atoms with Crippen LogP contribution in [0.3, 0.4) is 0 Å². The molecule has 1 N–H and O–H groups in total. The maximum atomic E-state index is 12.5. The van der Waals surface area contributed by atoms with Crippen molar-refractivity contribution in [3.63, 3.8) is 0 Å². The lowest BCUT2D eigenvalue weighted by molar-refractivity contribution is -0.361. The number of hydrogen-bond acceptors (Lipinski definition) is 20. The number of rotatable bonds is 15. The van der Waals surface area contributed by atoms with Crippen molar-refractivity contribution >= 4 is 47.9 Å². The van der Waals surface area contributed by atoms with E-state index < -0.39 is 128 Å².